The summed E-state index contributed by atoms with van der Waals surface area (Å²) in [6.45, 7) is 12.5. The Morgan fingerprint density at radius 1 is 1.39 bits per heavy atom. The Balaban J connectivity index is 2.36. The van der Waals surface area contributed by atoms with Gasteiger partial charge in [-0.25, -0.2) is 0 Å². The van der Waals surface area contributed by atoms with E-state index in [4.69, 9.17) is 4.74 Å². The van der Waals surface area contributed by atoms with Crippen molar-refractivity contribution in [2.75, 3.05) is 0 Å². The molecule has 23 heavy (non-hydrogen) atoms. The van der Waals surface area contributed by atoms with E-state index in [1.165, 1.54) is 5.57 Å². The largest absolute Gasteiger partial charge is 0.461 e. The van der Waals surface area contributed by atoms with Gasteiger partial charge >= 0.3 is 5.97 Å². The standard InChI is InChI=1S/C20H34O3/c1-7-15(5)18(21)23-16-12-14(4)8-9-19(6)10-11-20(22,13(2)3)17(16)19/h8,13,15-17,22H,7,9-12H2,1-6H3/t15-,16+,17-,19+,20-/m1/s1. The van der Waals surface area contributed by atoms with Crippen LogP contribution in [0.2, 0.25) is 0 Å². The van der Waals surface area contributed by atoms with Crippen molar-refractivity contribution in [3.63, 3.8) is 0 Å². The predicted octanol–water partition coefficient (Wildman–Crippen LogP) is 4.49. The summed E-state index contributed by atoms with van der Waals surface area (Å²) in [6.07, 6.45) is 6.37. The number of fused-ring (bicyclic) bond motifs is 1. The lowest BCUT2D eigenvalue weighted by atomic mass is 9.67. The number of ether oxygens (including phenoxy) is 1. The lowest BCUT2D eigenvalue weighted by Crippen LogP contribution is -2.50. The van der Waals surface area contributed by atoms with Gasteiger partial charge in [-0.05, 0) is 43.9 Å². The van der Waals surface area contributed by atoms with Crippen molar-refractivity contribution in [3.8, 4) is 0 Å². The first-order chi connectivity index (χ1) is 10.6. The Morgan fingerprint density at radius 2 is 2.04 bits per heavy atom. The number of esters is 1. The summed E-state index contributed by atoms with van der Waals surface area (Å²) in [5, 5.41) is 11.4. The van der Waals surface area contributed by atoms with E-state index in [1.54, 1.807) is 0 Å². The average molecular weight is 322 g/mol. The predicted molar refractivity (Wildman–Crippen MR) is 92.9 cm³/mol. The number of allylic oxidation sites excluding steroid dienone is 1. The van der Waals surface area contributed by atoms with Gasteiger partial charge in [0.15, 0.2) is 0 Å². The minimum Gasteiger partial charge on any atom is -0.461 e. The Labute approximate surface area is 141 Å². The second-order valence-electron chi connectivity index (χ2n) is 8.52. The highest BCUT2D eigenvalue weighted by Gasteiger charge is 2.59. The molecule has 3 heteroatoms. The van der Waals surface area contributed by atoms with Crippen molar-refractivity contribution < 1.29 is 14.6 Å². The average Bonchev–Trinajstić information content (AvgIpc) is 2.69. The third-order valence-corrected chi connectivity index (χ3v) is 6.48. The van der Waals surface area contributed by atoms with E-state index in [9.17, 15) is 9.90 Å². The minimum atomic E-state index is -0.742. The summed E-state index contributed by atoms with van der Waals surface area (Å²) in [4.78, 5) is 12.4. The molecule has 3 nitrogen and oxygen atoms in total. The van der Waals surface area contributed by atoms with Crippen LogP contribution < -0.4 is 0 Å². The van der Waals surface area contributed by atoms with Gasteiger partial charge in [-0.2, -0.15) is 0 Å². The Bertz CT molecular complexity index is 481. The zero-order valence-electron chi connectivity index (χ0n) is 15.7. The molecule has 0 saturated heterocycles. The fourth-order valence-corrected chi connectivity index (χ4v) is 4.52. The van der Waals surface area contributed by atoms with Crippen LogP contribution in [-0.2, 0) is 9.53 Å². The van der Waals surface area contributed by atoms with E-state index < -0.39 is 5.60 Å². The van der Waals surface area contributed by atoms with Crippen LogP contribution in [0.5, 0.6) is 0 Å². The van der Waals surface area contributed by atoms with Crippen LogP contribution in [0.3, 0.4) is 0 Å². The summed E-state index contributed by atoms with van der Waals surface area (Å²) < 4.78 is 5.98. The van der Waals surface area contributed by atoms with Crippen LogP contribution in [0.1, 0.15) is 73.6 Å². The molecule has 132 valence electrons. The van der Waals surface area contributed by atoms with Gasteiger partial charge in [-0.15, -0.1) is 0 Å². The van der Waals surface area contributed by atoms with Crippen LogP contribution in [-0.4, -0.2) is 22.8 Å². The maximum absolute atomic E-state index is 12.4. The molecule has 0 aromatic rings. The summed E-state index contributed by atoms with van der Waals surface area (Å²) >= 11 is 0. The molecular formula is C20H34O3. The molecule has 0 radical (unpaired) electrons. The topological polar surface area (TPSA) is 46.5 Å². The van der Waals surface area contributed by atoms with Crippen LogP contribution in [0.4, 0.5) is 0 Å². The molecule has 1 saturated carbocycles. The smallest absolute Gasteiger partial charge is 0.308 e. The van der Waals surface area contributed by atoms with Crippen molar-refractivity contribution in [3.05, 3.63) is 11.6 Å². The van der Waals surface area contributed by atoms with Gasteiger partial charge < -0.3 is 9.84 Å². The molecule has 0 unspecified atom stereocenters. The quantitative estimate of drug-likeness (QED) is 0.613. The molecule has 0 aromatic carbocycles. The van der Waals surface area contributed by atoms with Gasteiger partial charge in [0.05, 0.1) is 11.5 Å². The van der Waals surface area contributed by atoms with E-state index in [1.807, 2.05) is 13.8 Å². The highest BCUT2D eigenvalue weighted by atomic mass is 16.5. The minimum absolute atomic E-state index is 0.0108. The first-order valence-corrected chi connectivity index (χ1v) is 9.22. The maximum Gasteiger partial charge on any atom is 0.308 e. The SMILES string of the molecule is CC[C@@H](C)C(=O)O[C@H]1CC(C)=CC[C@@]2(C)CC[C@@](O)(C(C)C)[C@H]12. The van der Waals surface area contributed by atoms with E-state index in [2.05, 4.69) is 33.8 Å². The summed E-state index contributed by atoms with van der Waals surface area (Å²) in [6, 6.07) is 0. The highest BCUT2D eigenvalue weighted by molar-refractivity contribution is 5.72. The molecule has 0 aromatic heterocycles. The van der Waals surface area contributed by atoms with Gasteiger partial charge in [0.25, 0.3) is 0 Å². The molecule has 0 aliphatic heterocycles. The number of carbonyl (C=O) groups is 1. The number of aliphatic hydroxyl groups is 1. The molecule has 1 fully saturated rings. The third-order valence-electron chi connectivity index (χ3n) is 6.48. The molecule has 0 bridgehead atoms. The molecule has 0 heterocycles. The molecule has 5 atom stereocenters. The monoisotopic (exact) mass is 322 g/mol. The fraction of sp³-hybridized carbons (Fsp3) is 0.850. The van der Waals surface area contributed by atoms with E-state index in [0.717, 1.165) is 32.1 Å². The first-order valence-electron chi connectivity index (χ1n) is 9.22. The van der Waals surface area contributed by atoms with Crippen molar-refractivity contribution in [2.24, 2.45) is 23.2 Å². The van der Waals surface area contributed by atoms with Crippen LogP contribution in [0, 0.1) is 23.2 Å². The zero-order chi connectivity index (χ0) is 17.4. The van der Waals surface area contributed by atoms with Crippen LogP contribution >= 0.6 is 0 Å². The Hall–Kier alpha value is -0.830. The van der Waals surface area contributed by atoms with Crippen molar-refractivity contribution in [1.82, 2.24) is 0 Å². The Kier molecular flexibility index (Phi) is 5.30. The van der Waals surface area contributed by atoms with Crippen LogP contribution in [0.15, 0.2) is 11.6 Å². The molecular weight excluding hydrogens is 288 g/mol. The number of carbonyl (C=O) groups excluding carboxylic acids is 1. The van der Waals surface area contributed by atoms with E-state index >= 15 is 0 Å². The van der Waals surface area contributed by atoms with Gasteiger partial charge in [-0.3, -0.25) is 4.79 Å². The third kappa shape index (κ3) is 3.35. The normalized spacial score (nSPS) is 38.7. The first kappa shape index (κ1) is 18.5. The van der Waals surface area contributed by atoms with Gasteiger partial charge in [0.2, 0.25) is 0 Å². The van der Waals surface area contributed by atoms with Crippen molar-refractivity contribution >= 4 is 5.97 Å². The number of rotatable bonds is 4. The lowest BCUT2D eigenvalue weighted by Gasteiger charge is -2.43. The summed E-state index contributed by atoms with van der Waals surface area (Å²) in [7, 11) is 0. The Morgan fingerprint density at radius 3 is 2.61 bits per heavy atom. The zero-order valence-corrected chi connectivity index (χ0v) is 15.7. The van der Waals surface area contributed by atoms with Crippen molar-refractivity contribution in [1.29, 1.82) is 0 Å². The fourth-order valence-electron chi connectivity index (χ4n) is 4.52. The molecule has 0 spiro atoms. The maximum atomic E-state index is 12.4. The molecule has 2 aliphatic rings. The highest BCUT2D eigenvalue weighted by Crippen LogP contribution is 2.58. The second-order valence-corrected chi connectivity index (χ2v) is 8.52. The number of hydrogen-bond donors (Lipinski definition) is 1. The molecule has 0 amide bonds. The van der Waals surface area contributed by atoms with Crippen molar-refractivity contribution in [2.45, 2.75) is 85.4 Å². The summed E-state index contributed by atoms with van der Waals surface area (Å²) in [5.74, 6) is -0.0239. The van der Waals surface area contributed by atoms with Gasteiger partial charge in [-0.1, -0.05) is 46.3 Å². The van der Waals surface area contributed by atoms with E-state index in [-0.39, 0.29) is 35.2 Å². The second kappa shape index (κ2) is 6.58. The molecule has 2 rings (SSSR count). The lowest BCUT2D eigenvalue weighted by molar-refractivity contribution is -0.169. The number of hydrogen-bond acceptors (Lipinski definition) is 3. The van der Waals surface area contributed by atoms with Gasteiger partial charge in [0, 0.05) is 12.3 Å². The van der Waals surface area contributed by atoms with E-state index in [0.29, 0.717) is 0 Å². The molecule has 2 aliphatic carbocycles. The van der Waals surface area contributed by atoms with Gasteiger partial charge in [0.1, 0.15) is 6.10 Å². The summed E-state index contributed by atoms with van der Waals surface area (Å²) in [5.41, 5.74) is 0.541. The molecule has 1 N–H and O–H groups in total. The van der Waals surface area contributed by atoms with Crippen LogP contribution in [0.25, 0.3) is 0 Å².